The predicted octanol–water partition coefficient (Wildman–Crippen LogP) is 3.27. The monoisotopic (exact) mass is 315 g/mol. The summed E-state index contributed by atoms with van der Waals surface area (Å²) in [5.41, 5.74) is 0.403. The number of rotatable bonds is 2. The molecule has 102 valence electrons. The molecular weight excluding hydrogens is 306 g/mol. The highest BCUT2D eigenvalue weighted by Crippen LogP contribution is 2.28. The molecule has 0 spiro atoms. The van der Waals surface area contributed by atoms with E-state index in [9.17, 15) is 4.39 Å². The first-order valence-corrected chi connectivity index (χ1v) is 6.06. The summed E-state index contributed by atoms with van der Waals surface area (Å²) in [6, 6.07) is 3.39. The van der Waals surface area contributed by atoms with Crippen LogP contribution >= 0.6 is 23.2 Å². The van der Waals surface area contributed by atoms with Crippen LogP contribution in [0.5, 0.6) is 5.75 Å². The van der Waals surface area contributed by atoms with E-state index in [0.29, 0.717) is 5.39 Å². The van der Waals surface area contributed by atoms with Crippen LogP contribution in [0.2, 0.25) is 10.4 Å². The first kappa shape index (κ1) is 9.90. The summed E-state index contributed by atoms with van der Waals surface area (Å²) in [7, 11) is -2.75. The number of benzene rings is 1. The predicted molar refractivity (Wildman–Crippen MR) is 73.2 cm³/mol. The quantitative estimate of drug-likeness (QED) is 0.538. The molecular formula is C12H7Cl2FN4O. The normalized spacial score (nSPS) is 13.8. The van der Waals surface area contributed by atoms with Gasteiger partial charge in [0, 0.05) is 6.07 Å². The van der Waals surface area contributed by atoms with Gasteiger partial charge in [0.15, 0.2) is 5.65 Å². The number of fused-ring (bicyclic) bond motifs is 1. The smallest absolute Gasteiger partial charge is 0.225 e. The topological polar surface area (TPSA) is 52.8 Å². The van der Waals surface area contributed by atoms with Crippen LogP contribution < -0.4 is 4.74 Å². The number of ether oxygens (including phenoxy) is 1. The lowest BCUT2D eigenvalue weighted by molar-refractivity contribution is 0.408. The van der Waals surface area contributed by atoms with E-state index in [1.165, 1.54) is 16.9 Å². The highest BCUT2D eigenvalue weighted by molar-refractivity contribution is 6.35. The summed E-state index contributed by atoms with van der Waals surface area (Å²) in [4.78, 5) is 7.80. The Morgan fingerprint density at radius 1 is 1.35 bits per heavy atom. The third-order valence-electron chi connectivity index (χ3n) is 2.61. The number of hydrogen-bond donors (Lipinski definition) is 0. The van der Waals surface area contributed by atoms with E-state index in [4.69, 9.17) is 32.1 Å². The molecule has 20 heavy (non-hydrogen) atoms. The van der Waals surface area contributed by atoms with Crippen LogP contribution in [0.4, 0.5) is 4.39 Å². The first-order valence-electron chi connectivity index (χ1n) is 6.80. The lowest BCUT2D eigenvalue weighted by Crippen LogP contribution is -2.01. The van der Waals surface area contributed by atoms with Crippen molar-refractivity contribution in [3.63, 3.8) is 0 Å². The van der Waals surface area contributed by atoms with Gasteiger partial charge in [-0.05, 0) is 23.7 Å². The van der Waals surface area contributed by atoms with Crippen LogP contribution in [0.25, 0.3) is 16.7 Å². The molecule has 0 aliphatic carbocycles. The van der Waals surface area contributed by atoms with E-state index in [1.54, 1.807) is 0 Å². The molecule has 3 rings (SSSR count). The second-order valence-electron chi connectivity index (χ2n) is 3.79. The van der Waals surface area contributed by atoms with Gasteiger partial charge in [0.1, 0.15) is 22.4 Å². The van der Waals surface area contributed by atoms with E-state index < -0.39 is 12.9 Å². The van der Waals surface area contributed by atoms with Gasteiger partial charge in [0.25, 0.3) is 0 Å². The molecule has 1 aromatic carbocycles. The molecule has 2 aromatic heterocycles. The fourth-order valence-electron chi connectivity index (χ4n) is 1.77. The third-order valence-corrected chi connectivity index (χ3v) is 3.07. The van der Waals surface area contributed by atoms with Crippen molar-refractivity contribution in [1.82, 2.24) is 19.7 Å². The highest BCUT2D eigenvalue weighted by atomic mass is 35.5. The largest absolute Gasteiger partial charge is 0.494 e. The molecule has 8 heteroatoms. The van der Waals surface area contributed by atoms with Crippen LogP contribution in [-0.4, -0.2) is 26.8 Å². The molecule has 2 heterocycles. The molecule has 0 unspecified atom stereocenters. The highest BCUT2D eigenvalue weighted by Gasteiger charge is 2.15. The maximum atomic E-state index is 13.4. The zero-order chi connectivity index (χ0) is 16.8. The van der Waals surface area contributed by atoms with Crippen molar-refractivity contribution in [3.8, 4) is 11.4 Å². The Hall–Kier alpha value is -1.92. The molecule has 0 aliphatic heterocycles. The minimum absolute atomic E-state index is 0.0895. The molecule has 3 aromatic rings. The van der Waals surface area contributed by atoms with E-state index in [1.807, 2.05) is 0 Å². The minimum Gasteiger partial charge on any atom is -0.494 e. The SMILES string of the molecule is [2H]C([2H])([2H])Oc1cc(F)ccc1-n1ncc2c(Cl)nc(Cl)nc21. The van der Waals surface area contributed by atoms with Crippen LogP contribution in [0.15, 0.2) is 24.4 Å². The average Bonchev–Trinajstić information content (AvgIpc) is 2.81. The molecule has 0 saturated carbocycles. The van der Waals surface area contributed by atoms with Gasteiger partial charge >= 0.3 is 0 Å². The summed E-state index contributed by atoms with van der Waals surface area (Å²) in [6.45, 7) is 0. The van der Waals surface area contributed by atoms with E-state index in [0.717, 1.165) is 12.1 Å². The first-order chi connectivity index (χ1) is 10.7. The van der Waals surface area contributed by atoms with Crippen LogP contribution in [0.1, 0.15) is 4.11 Å². The second-order valence-corrected chi connectivity index (χ2v) is 4.49. The van der Waals surface area contributed by atoms with Gasteiger partial charge in [0.05, 0.1) is 22.7 Å². The Bertz CT molecular complexity index is 900. The number of nitrogens with zero attached hydrogens (tertiary/aromatic N) is 4. The van der Waals surface area contributed by atoms with Gasteiger partial charge in [-0.1, -0.05) is 11.6 Å². The molecule has 0 atom stereocenters. The summed E-state index contributed by atoms with van der Waals surface area (Å²) in [5.74, 6) is -0.879. The number of methoxy groups -OCH3 is 1. The van der Waals surface area contributed by atoms with Gasteiger partial charge in [-0.3, -0.25) is 0 Å². The Morgan fingerprint density at radius 2 is 2.20 bits per heavy atom. The molecule has 0 fully saturated rings. The summed E-state index contributed by atoms with van der Waals surface area (Å²) in [6.07, 6.45) is 1.39. The van der Waals surface area contributed by atoms with Crippen molar-refractivity contribution in [3.05, 3.63) is 40.6 Å². The number of aromatic nitrogens is 4. The Labute approximate surface area is 127 Å². The van der Waals surface area contributed by atoms with E-state index >= 15 is 0 Å². The number of hydrogen-bond acceptors (Lipinski definition) is 4. The van der Waals surface area contributed by atoms with Gasteiger partial charge in [-0.15, -0.1) is 0 Å². The summed E-state index contributed by atoms with van der Waals surface area (Å²) >= 11 is 11.7. The van der Waals surface area contributed by atoms with E-state index in [-0.39, 0.29) is 27.5 Å². The number of halogens is 3. The van der Waals surface area contributed by atoms with Crippen molar-refractivity contribution in [1.29, 1.82) is 0 Å². The van der Waals surface area contributed by atoms with E-state index in [2.05, 4.69) is 15.1 Å². The van der Waals surface area contributed by atoms with Gasteiger partial charge in [-0.25, -0.2) is 14.1 Å². The molecule has 0 amide bonds. The van der Waals surface area contributed by atoms with Crippen molar-refractivity contribution < 1.29 is 13.2 Å². The minimum atomic E-state index is -2.75. The molecule has 0 aliphatic rings. The lowest BCUT2D eigenvalue weighted by atomic mass is 10.3. The van der Waals surface area contributed by atoms with Crippen LogP contribution in [0, 0.1) is 5.82 Å². The fraction of sp³-hybridized carbons (Fsp3) is 0.0833. The zero-order valence-corrected chi connectivity index (χ0v) is 11.2. The van der Waals surface area contributed by atoms with Crippen molar-refractivity contribution in [2.24, 2.45) is 0 Å². The molecule has 0 N–H and O–H groups in total. The fourth-order valence-corrected chi connectivity index (χ4v) is 2.19. The maximum absolute atomic E-state index is 13.4. The molecule has 0 radical (unpaired) electrons. The van der Waals surface area contributed by atoms with Crippen LogP contribution in [-0.2, 0) is 0 Å². The lowest BCUT2D eigenvalue weighted by Gasteiger charge is -2.09. The van der Waals surface area contributed by atoms with Gasteiger partial charge in [-0.2, -0.15) is 10.1 Å². The van der Waals surface area contributed by atoms with Gasteiger partial charge < -0.3 is 4.74 Å². The standard InChI is InChI=1S/C12H7Cl2FN4O/c1-20-9-4-6(15)2-3-8(9)19-11-7(5-16-19)10(13)17-12(14)18-11/h2-5H,1H3/i1D3. The van der Waals surface area contributed by atoms with Crippen LogP contribution in [0.3, 0.4) is 0 Å². The third kappa shape index (κ3) is 2.07. The molecule has 5 nitrogen and oxygen atoms in total. The Balaban J connectivity index is 2.23. The van der Waals surface area contributed by atoms with Gasteiger partial charge in [0.2, 0.25) is 5.28 Å². The summed E-state index contributed by atoms with van der Waals surface area (Å²) in [5, 5.41) is 4.46. The maximum Gasteiger partial charge on any atom is 0.225 e. The second kappa shape index (κ2) is 4.88. The zero-order valence-electron chi connectivity index (χ0n) is 12.6. The molecule has 0 bridgehead atoms. The Kier molecular flexibility index (Phi) is 2.42. The van der Waals surface area contributed by atoms with Crippen molar-refractivity contribution >= 4 is 34.2 Å². The van der Waals surface area contributed by atoms with Crippen molar-refractivity contribution in [2.45, 2.75) is 0 Å². The van der Waals surface area contributed by atoms with Crippen molar-refractivity contribution in [2.75, 3.05) is 7.04 Å². The molecule has 0 saturated heterocycles. The Morgan fingerprint density at radius 3 is 3.00 bits per heavy atom. The summed E-state index contributed by atoms with van der Waals surface area (Å²) < 4.78 is 41.1. The average molecular weight is 316 g/mol.